The third-order valence-corrected chi connectivity index (χ3v) is 6.69. The standard InChI is InChI=1S/C23H22Cl2FN5O3/c1-12-10-18(30-29-12)28-20-16(25)6-7-17(27-20)23(22(33)34)8-9-31(13(2)11-23)21(32)14-4-3-5-15(24)19(14)26/h3-7,10,13H,8-9,11H2,1-2H3,(H,33,34)(H2,27,28,29,30). The van der Waals surface area contributed by atoms with E-state index in [9.17, 15) is 19.1 Å². The highest BCUT2D eigenvalue weighted by molar-refractivity contribution is 6.33. The van der Waals surface area contributed by atoms with E-state index >= 15 is 0 Å². The first-order valence-electron chi connectivity index (χ1n) is 10.6. The number of aromatic nitrogens is 3. The first-order valence-corrected chi connectivity index (χ1v) is 11.3. The lowest BCUT2D eigenvalue weighted by Gasteiger charge is -2.43. The Labute approximate surface area is 205 Å². The van der Waals surface area contributed by atoms with E-state index in [1.807, 2.05) is 6.92 Å². The second-order valence-corrected chi connectivity index (χ2v) is 9.19. The van der Waals surface area contributed by atoms with E-state index in [1.54, 1.807) is 25.1 Å². The third-order valence-electron chi connectivity index (χ3n) is 6.10. The third kappa shape index (κ3) is 4.33. The number of likely N-dealkylation sites (tertiary alicyclic amines) is 1. The molecule has 1 aliphatic heterocycles. The van der Waals surface area contributed by atoms with Crippen molar-refractivity contribution in [1.29, 1.82) is 0 Å². The number of carbonyl (C=O) groups is 2. The highest BCUT2D eigenvalue weighted by Crippen LogP contribution is 2.40. The van der Waals surface area contributed by atoms with Crippen molar-refractivity contribution in [2.45, 2.75) is 38.1 Å². The number of halogens is 3. The number of H-pyrrole nitrogens is 1. The zero-order valence-electron chi connectivity index (χ0n) is 18.4. The number of aliphatic carboxylic acids is 1. The molecule has 3 aromatic rings. The highest BCUT2D eigenvalue weighted by Gasteiger charge is 2.48. The Morgan fingerprint density at radius 2 is 2.03 bits per heavy atom. The number of carboxylic acid groups (broad SMARTS) is 1. The molecule has 0 aliphatic carbocycles. The van der Waals surface area contributed by atoms with E-state index in [0.29, 0.717) is 16.5 Å². The van der Waals surface area contributed by atoms with E-state index in [0.717, 1.165) is 5.69 Å². The molecular formula is C23H22Cl2FN5O3. The first-order chi connectivity index (χ1) is 16.1. The number of nitrogens with zero attached hydrogens (tertiary/aromatic N) is 3. The molecule has 8 nitrogen and oxygen atoms in total. The van der Waals surface area contributed by atoms with Gasteiger partial charge in [-0.3, -0.25) is 14.7 Å². The Balaban J connectivity index is 1.63. The van der Waals surface area contributed by atoms with Gasteiger partial charge in [0, 0.05) is 24.3 Å². The normalized spacial score (nSPS) is 20.3. The molecule has 1 amide bonds. The molecule has 0 bridgehead atoms. The maximum absolute atomic E-state index is 14.4. The lowest BCUT2D eigenvalue weighted by molar-refractivity contribution is -0.146. The summed E-state index contributed by atoms with van der Waals surface area (Å²) in [6.07, 6.45) is 0.183. The minimum Gasteiger partial charge on any atom is -0.481 e. The molecule has 0 spiro atoms. The van der Waals surface area contributed by atoms with Gasteiger partial charge in [-0.05, 0) is 51.0 Å². The summed E-state index contributed by atoms with van der Waals surface area (Å²) >= 11 is 12.1. The molecule has 2 atom stereocenters. The lowest BCUT2D eigenvalue weighted by atomic mass is 9.72. The monoisotopic (exact) mass is 505 g/mol. The summed E-state index contributed by atoms with van der Waals surface area (Å²) in [4.78, 5) is 31.6. The number of nitrogens with one attached hydrogen (secondary N) is 2. The van der Waals surface area contributed by atoms with Gasteiger partial charge in [0.25, 0.3) is 5.91 Å². The minimum absolute atomic E-state index is 0.0891. The Morgan fingerprint density at radius 3 is 2.68 bits per heavy atom. The van der Waals surface area contributed by atoms with Crippen molar-refractivity contribution in [3.05, 3.63) is 69.2 Å². The van der Waals surface area contributed by atoms with Crippen LogP contribution in [0.2, 0.25) is 10.0 Å². The Morgan fingerprint density at radius 1 is 1.26 bits per heavy atom. The van der Waals surface area contributed by atoms with E-state index in [4.69, 9.17) is 23.2 Å². The molecule has 3 heterocycles. The summed E-state index contributed by atoms with van der Waals surface area (Å²) in [6.45, 7) is 3.68. The molecule has 1 aromatic carbocycles. The van der Waals surface area contributed by atoms with Crippen molar-refractivity contribution in [1.82, 2.24) is 20.1 Å². The number of aryl methyl sites for hydroxylation is 1. The van der Waals surface area contributed by atoms with E-state index in [1.165, 1.54) is 23.1 Å². The molecule has 1 fully saturated rings. The van der Waals surface area contributed by atoms with Gasteiger partial charge in [-0.25, -0.2) is 9.37 Å². The number of carbonyl (C=O) groups excluding carboxylic acids is 1. The number of pyridine rings is 1. The Bertz CT molecular complexity index is 1270. The molecule has 4 rings (SSSR count). The molecule has 11 heteroatoms. The molecule has 178 valence electrons. The summed E-state index contributed by atoms with van der Waals surface area (Å²) < 4.78 is 14.4. The van der Waals surface area contributed by atoms with Crippen molar-refractivity contribution in [2.75, 3.05) is 11.9 Å². The minimum atomic E-state index is -1.36. The Hall–Kier alpha value is -3.17. The van der Waals surface area contributed by atoms with Crippen molar-refractivity contribution in [3.8, 4) is 0 Å². The SMILES string of the molecule is Cc1cc(Nc2nc(C3(C(=O)O)CCN(C(=O)c4cccc(Cl)c4F)C(C)C3)ccc2Cl)n[nH]1. The van der Waals surface area contributed by atoms with Crippen LogP contribution in [0, 0.1) is 12.7 Å². The van der Waals surface area contributed by atoms with Gasteiger partial charge >= 0.3 is 5.97 Å². The first kappa shape index (κ1) is 24.0. The fourth-order valence-corrected chi connectivity index (χ4v) is 4.64. The van der Waals surface area contributed by atoms with Crippen molar-refractivity contribution in [2.24, 2.45) is 0 Å². The summed E-state index contributed by atoms with van der Waals surface area (Å²) in [5.74, 6) is -1.62. The van der Waals surface area contributed by atoms with Gasteiger partial charge in [-0.1, -0.05) is 29.3 Å². The highest BCUT2D eigenvalue weighted by atomic mass is 35.5. The van der Waals surface area contributed by atoms with Crippen LogP contribution in [0.3, 0.4) is 0 Å². The van der Waals surface area contributed by atoms with Crippen molar-refractivity contribution < 1.29 is 19.1 Å². The van der Waals surface area contributed by atoms with Crippen LogP contribution in [0.25, 0.3) is 0 Å². The lowest BCUT2D eigenvalue weighted by Crippen LogP contribution is -2.53. The van der Waals surface area contributed by atoms with Crippen LogP contribution in [-0.2, 0) is 10.2 Å². The fraction of sp³-hybridized carbons (Fsp3) is 0.304. The van der Waals surface area contributed by atoms with Gasteiger partial charge in [0.2, 0.25) is 0 Å². The maximum atomic E-state index is 14.4. The number of hydrogen-bond donors (Lipinski definition) is 3. The van der Waals surface area contributed by atoms with Gasteiger partial charge < -0.3 is 15.3 Å². The molecule has 2 unspecified atom stereocenters. The summed E-state index contributed by atoms with van der Waals surface area (Å²) in [5.41, 5.74) is -0.357. The van der Waals surface area contributed by atoms with Crippen LogP contribution in [0.5, 0.6) is 0 Å². The summed E-state index contributed by atoms with van der Waals surface area (Å²) in [7, 11) is 0. The molecule has 1 aliphatic rings. The van der Waals surface area contributed by atoms with Crippen LogP contribution in [0.4, 0.5) is 16.0 Å². The molecule has 34 heavy (non-hydrogen) atoms. The van der Waals surface area contributed by atoms with Crippen LogP contribution in [0.1, 0.15) is 41.5 Å². The second kappa shape index (κ2) is 9.23. The second-order valence-electron chi connectivity index (χ2n) is 8.38. The number of anilines is 2. The quantitative estimate of drug-likeness (QED) is 0.452. The number of carboxylic acids is 1. The van der Waals surface area contributed by atoms with Gasteiger partial charge in [-0.15, -0.1) is 0 Å². The van der Waals surface area contributed by atoms with Gasteiger partial charge in [0.05, 0.1) is 21.3 Å². The summed E-state index contributed by atoms with van der Waals surface area (Å²) in [6, 6.07) is 8.66. The van der Waals surface area contributed by atoms with Gasteiger partial charge in [0.1, 0.15) is 5.41 Å². The van der Waals surface area contributed by atoms with Crippen LogP contribution in [-0.4, -0.2) is 49.7 Å². The predicted molar refractivity (Wildman–Crippen MR) is 126 cm³/mol. The van der Waals surface area contributed by atoms with E-state index in [-0.39, 0.29) is 35.8 Å². The number of benzene rings is 1. The van der Waals surface area contributed by atoms with Gasteiger partial charge in [0.15, 0.2) is 17.5 Å². The average molecular weight is 506 g/mol. The van der Waals surface area contributed by atoms with E-state index in [2.05, 4.69) is 20.5 Å². The number of amides is 1. The van der Waals surface area contributed by atoms with Crippen molar-refractivity contribution >= 4 is 46.7 Å². The van der Waals surface area contributed by atoms with Crippen LogP contribution >= 0.6 is 23.2 Å². The smallest absolute Gasteiger partial charge is 0.315 e. The molecule has 1 saturated heterocycles. The number of hydrogen-bond acceptors (Lipinski definition) is 5. The molecule has 3 N–H and O–H groups in total. The fourth-order valence-electron chi connectivity index (χ4n) is 4.31. The molecular weight excluding hydrogens is 484 g/mol. The molecule has 0 radical (unpaired) electrons. The zero-order chi connectivity index (χ0) is 24.6. The van der Waals surface area contributed by atoms with Crippen LogP contribution < -0.4 is 5.32 Å². The van der Waals surface area contributed by atoms with Gasteiger partial charge in [-0.2, -0.15) is 5.10 Å². The summed E-state index contributed by atoms with van der Waals surface area (Å²) in [5, 5.41) is 20.3. The molecule has 0 saturated carbocycles. The Kier molecular flexibility index (Phi) is 6.51. The topological polar surface area (TPSA) is 111 Å². The van der Waals surface area contributed by atoms with E-state index < -0.39 is 29.2 Å². The average Bonchev–Trinajstić information content (AvgIpc) is 3.21. The largest absolute Gasteiger partial charge is 0.481 e. The predicted octanol–water partition coefficient (Wildman–Crippen LogP) is 4.95. The molecule has 2 aromatic heterocycles. The van der Waals surface area contributed by atoms with Crippen molar-refractivity contribution in [3.63, 3.8) is 0 Å². The maximum Gasteiger partial charge on any atom is 0.315 e. The number of rotatable bonds is 5. The zero-order valence-corrected chi connectivity index (χ0v) is 19.9. The number of aromatic amines is 1. The number of piperidine rings is 1. The van der Waals surface area contributed by atoms with Crippen LogP contribution in [0.15, 0.2) is 36.4 Å².